The largest absolute Gasteiger partial charge is 0.392 e. The van der Waals surface area contributed by atoms with E-state index in [2.05, 4.69) is 27.7 Å². The number of morpholine rings is 1. The highest BCUT2D eigenvalue weighted by atomic mass is 19.4. The van der Waals surface area contributed by atoms with Crippen LogP contribution in [0.15, 0.2) is 0 Å². The minimum absolute atomic E-state index is 0.0152. The molecule has 4 aliphatic heterocycles. The van der Waals surface area contributed by atoms with Crippen molar-refractivity contribution in [2.45, 2.75) is 89.4 Å². The van der Waals surface area contributed by atoms with Gasteiger partial charge in [0.1, 0.15) is 0 Å². The van der Waals surface area contributed by atoms with Gasteiger partial charge >= 0.3 is 6.18 Å². The summed E-state index contributed by atoms with van der Waals surface area (Å²) in [6, 6.07) is 0.0370. The third kappa shape index (κ3) is 5.67. The summed E-state index contributed by atoms with van der Waals surface area (Å²) < 4.78 is 55.0. The number of hydrogen-bond donors (Lipinski definition) is 2. The smallest absolute Gasteiger partial charge is 0.380 e. The van der Waals surface area contributed by atoms with Gasteiger partial charge in [-0.2, -0.15) is 13.2 Å². The van der Waals surface area contributed by atoms with Crippen molar-refractivity contribution in [3.63, 3.8) is 0 Å². The van der Waals surface area contributed by atoms with E-state index >= 15 is 0 Å². The Hall–Kier alpha value is -0.980. The molecule has 0 radical (unpaired) electrons. The van der Waals surface area contributed by atoms with Crippen LogP contribution in [0.1, 0.15) is 58.8 Å². The summed E-state index contributed by atoms with van der Waals surface area (Å²) in [5.74, 6) is -2.24. The number of rotatable bonds is 6. The molecule has 0 bridgehead atoms. The minimum Gasteiger partial charge on any atom is -0.380 e. The van der Waals surface area contributed by atoms with Crippen LogP contribution in [-0.2, 0) is 14.3 Å². The van der Waals surface area contributed by atoms with Gasteiger partial charge in [-0.1, -0.05) is 6.42 Å². The molecule has 0 aromatic rings. The van der Waals surface area contributed by atoms with Gasteiger partial charge in [-0.05, 0) is 77.2 Å². The third-order valence-corrected chi connectivity index (χ3v) is 11.1. The second-order valence-electron chi connectivity index (χ2n) is 14.1. The summed E-state index contributed by atoms with van der Waals surface area (Å²) in [6.07, 6.45) is 1.69. The van der Waals surface area contributed by atoms with E-state index in [1.807, 2.05) is 18.7 Å². The van der Waals surface area contributed by atoms with E-state index in [0.29, 0.717) is 18.9 Å². The van der Waals surface area contributed by atoms with Crippen LogP contribution in [0.25, 0.3) is 0 Å². The van der Waals surface area contributed by atoms with Crippen LogP contribution in [0.2, 0.25) is 0 Å². The molecule has 40 heavy (non-hydrogen) atoms. The standard InChI is InChI=1S/C29H48F3N5O3/c1-18-11-36(12-19(2)40-18)13-20-7-23-24(25(8-20)29(30,31)32)14-37(27(23)38)22-6-4-5-21(9-22)28(15-39-16-28)10-26-34-33-17-35(26)3/h18-26,33-34H,4-17H2,1-3H3/t18-,19+,20?,21?,22?,23?,24?,25?,26?. The molecule has 2 saturated carbocycles. The van der Waals surface area contributed by atoms with Crippen molar-refractivity contribution in [1.82, 2.24) is 25.6 Å². The molecule has 0 spiro atoms. The summed E-state index contributed by atoms with van der Waals surface area (Å²) >= 11 is 0. The number of alkyl halides is 3. The van der Waals surface area contributed by atoms with Crippen LogP contribution in [0, 0.1) is 35.0 Å². The number of carbonyl (C=O) groups is 1. The van der Waals surface area contributed by atoms with Crippen LogP contribution in [0.3, 0.4) is 0 Å². The molecule has 6 fully saturated rings. The fourth-order valence-corrected chi connectivity index (χ4v) is 9.15. The maximum atomic E-state index is 14.5. The Morgan fingerprint density at radius 3 is 2.42 bits per heavy atom. The SMILES string of the molecule is C[C@@H]1CN(CC2CC3C(=O)N(C4CCCC(C5(CC6NNCN6C)COC5)C4)CC3C(C(F)(F)F)C2)C[C@H](C)O1. The quantitative estimate of drug-likeness (QED) is 0.508. The normalized spacial score (nSPS) is 43.1. The minimum atomic E-state index is -4.28. The third-order valence-electron chi connectivity index (χ3n) is 11.1. The second-order valence-corrected chi connectivity index (χ2v) is 14.1. The van der Waals surface area contributed by atoms with Crippen LogP contribution in [-0.4, -0.2) is 104 Å². The zero-order valence-corrected chi connectivity index (χ0v) is 24.3. The number of halogens is 3. The molecular weight excluding hydrogens is 523 g/mol. The zero-order chi connectivity index (χ0) is 28.2. The van der Waals surface area contributed by atoms with Crippen molar-refractivity contribution in [3.05, 3.63) is 0 Å². The van der Waals surface area contributed by atoms with E-state index in [9.17, 15) is 18.0 Å². The Bertz CT molecular complexity index is 910. The highest BCUT2D eigenvalue weighted by Gasteiger charge is 2.58. The maximum Gasteiger partial charge on any atom is 0.392 e. The highest BCUT2D eigenvalue weighted by Crippen LogP contribution is 2.53. The average Bonchev–Trinajstić information content (AvgIpc) is 3.42. The van der Waals surface area contributed by atoms with E-state index < -0.39 is 23.9 Å². The maximum absolute atomic E-state index is 14.5. The van der Waals surface area contributed by atoms with Crippen LogP contribution < -0.4 is 10.9 Å². The number of hydrogen-bond acceptors (Lipinski definition) is 7. The predicted octanol–water partition coefficient (Wildman–Crippen LogP) is 3.05. The lowest BCUT2D eigenvalue weighted by Gasteiger charge is -2.52. The number of nitrogens with one attached hydrogen (secondary N) is 2. The van der Waals surface area contributed by atoms with Crippen molar-refractivity contribution in [2.24, 2.45) is 35.0 Å². The van der Waals surface area contributed by atoms with Crippen molar-refractivity contribution < 1.29 is 27.4 Å². The summed E-state index contributed by atoms with van der Waals surface area (Å²) in [5, 5.41) is 0. The topological polar surface area (TPSA) is 69.3 Å². The van der Waals surface area contributed by atoms with E-state index in [1.165, 1.54) is 0 Å². The Morgan fingerprint density at radius 1 is 1.05 bits per heavy atom. The molecular formula is C29H48F3N5O3. The molecule has 11 heteroatoms. The number of likely N-dealkylation sites (tertiary alicyclic amines) is 1. The van der Waals surface area contributed by atoms with Gasteiger partial charge in [-0.15, -0.1) is 0 Å². The Balaban J connectivity index is 1.14. The van der Waals surface area contributed by atoms with Gasteiger partial charge in [0, 0.05) is 43.6 Å². The highest BCUT2D eigenvalue weighted by molar-refractivity contribution is 5.82. The molecule has 4 saturated heterocycles. The fraction of sp³-hybridized carbons (Fsp3) is 0.966. The van der Waals surface area contributed by atoms with Crippen molar-refractivity contribution >= 4 is 5.91 Å². The lowest BCUT2D eigenvalue weighted by atomic mass is 9.64. The molecule has 8 nitrogen and oxygen atoms in total. The van der Waals surface area contributed by atoms with Crippen molar-refractivity contribution in [1.29, 1.82) is 0 Å². The molecule has 2 aliphatic carbocycles. The summed E-state index contributed by atoms with van der Waals surface area (Å²) in [4.78, 5) is 20.3. The van der Waals surface area contributed by atoms with Gasteiger partial charge in [0.2, 0.25) is 5.91 Å². The van der Waals surface area contributed by atoms with Gasteiger partial charge in [0.05, 0.1) is 44.2 Å². The summed E-state index contributed by atoms with van der Waals surface area (Å²) in [5.41, 5.74) is 6.65. The Kier molecular flexibility index (Phi) is 8.20. The zero-order valence-electron chi connectivity index (χ0n) is 24.3. The van der Waals surface area contributed by atoms with E-state index in [-0.39, 0.29) is 54.6 Å². The van der Waals surface area contributed by atoms with Crippen LogP contribution in [0.4, 0.5) is 13.2 Å². The first-order valence-electron chi connectivity index (χ1n) is 15.5. The van der Waals surface area contributed by atoms with Gasteiger partial charge in [-0.25, -0.2) is 10.9 Å². The van der Waals surface area contributed by atoms with Crippen LogP contribution >= 0.6 is 0 Å². The first-order chi connectivity index (χ1) is 19.0. The molecule has 228 valence electrons. The first kappa shape index (κ1) is 29.1. The monoisotopic (exact) mass is 571 g/mol. The summed E-state index contributed by atoms with van der Waals surface area (Å²) in [7, 11) is 2.10. The molecule has 7 unspecified atom stereocenters. The average molecular weight is 572 g/mol. The Labute approximate surface area is 236 Å². The molecule has 6 rings (SSSR count). The molecule has 0 aromatic heterocycles. The van der Waals surface area contributed by atoms with E-state index in [0.717, 1.165) is 65.1 Å². The number of ether oxygens (including phenoxy) is 2. The second kappa shape index (κ2) is 11.3. The van der Waals surface area contributed by atoms with Crippen molar-refractivity contribution in [3.8, 4) is 0 Å². The molecule has 9 atom stereocenters. The van der Waals surface area contributed by atoms with E-state index in [4.69, 9.17) is 9.47 Å². The lowest BCUT2D eigenvalue weighted by molar-refractivity contribution is -0.205. The number of carbonyl (C=O) groups excluding carboxylic acids is 1. The fourth-order valence-electron chi connectivity index (χ4n) is 9.15. The lowest BCUT2D eigenvalue weighted by Crippen LogP contribution is -2.56. The number of amides is 1. The number of fused-ring (bicyclic) bond motifs is 1. The van der Waals surface area contributed by atoms with Gasteiger partial charge in [0.15, 0.2) is 0 Å². The molecule has 6 aliphatic rings. The molecule has 2 N–H and O–H groups in total. The summed E-state index contributed by atoms with van der Waals surface area (Å²) in [6.45, 7) is 8.66. The van der Waals surface area contributed by atoms with Crippen LogP contribution in [0.5, 0.6) is 0 Å². The Morgan fingerprint density at radius 2 is 1.80 bits per heavy atom. The molecule has 4 heterocycles. The first-order valence-corrected chi connectivity index (χ1v) is 15.5. The van der Waals surface area contributed by atoms with Gasteiger partial charge in [-0.3, -0.25) is 14.6 Å². The van der Waals surface area contributed by atoms with Crippen molar-refractivity contribution in [2.75, 3.05) is 53.1 Å². The van der Waals surface area contributed by atoms with E-state index in [1.54, 1.807) is 0 Å². The van der Waals surface area contributed by atoms with Gasteiger partial charge < -0.3 is 14.4 Å². The molecule has 0 aromatic carbocycles. The van der Waals surface area contributed by atoms with Gasteiger partial charge in [0.25, 0.3) is 0 Å². The number of hydrazine groups is 1. The predicted molar refractivity (Wildman–Crippen MR) is 144 cm³/mol. The molecule has 1 amide bonds. The number of nitrogens with zero attached hydrogens (tertiary/aromatic N) is 3.